The molecule has 0 radical (unpaired) electrons. The highest BCUT2D eigenvalue weighted by atomic mass is 79.9. The minimum absolute atomic E-state index is 0.115. The van der Waals surface area contributed by atoms with E-state index in [1.165, 1.54) is 4.31 Å². The first-order valence-corrected chi connectivity index (χ1v) is 12.1. The highest BCUT2D eigenvalue weighted by Gasteiger charge is 2.36. The third-order valence-corrected chi connectivity index (χ3v) is 7.60. The number of nitriles is 1. The summed E-state index contributed by atoms with van der Waals surface area (Å²) >= 11 is 3.32. The van der Waals surface area contributed by atoms with Crippen LogP contribution in [0.15, 0.2) is 57.9 Å². The number of piperidine rings is 1. The van der Waals surface area contributed by atoms with Crippen LogP contribution < -0.4 is 4.90 Å². The molecule has 0 bridgehead atoms. The fraction of sp³-hybridized carbons (Fsp3) is 0.364. The standard InChI is InChI=1S/C22H24BrN3O3S/c1-16(2)26(20-7-3-5-17(13-20)14-24)22(27)18-6-4-12-25(15-18)30(28,29)21-10-8-19(23)9-11-21/h3,5,7-11,13,16,18H,4,6,12,15H2,1-2H3. The number of anilines is 1. The summed E-state index contributed by atoms with van der Waals surface area (Å²) in [6.07, 6.45) is 1.25. The van der Waals surface area contributed by atoms with Gasteiger partial charge < -0.3 is 4.90 Å². The maximum atomic E-state index is 13.4. The molecular formula is C22H24BrN3O3S. The van der Waals surface area contributed by atoms with Crippen molar-refractivity contribution >= 4 is 37.5 Å². The van der Waals surface area contributed by atoms with Crippen LogP contribution in [0.5, 0.6) is 0 Å². The first kappa shape index (κ1) is 22.5. The molecule has 1 heterocycles. The molecule has 3 rings (SSSR count). The highest BCUT2D eigenvalue weighted by Crippen LogP contribution is 2.28. The van der Waals surface area contributed by atoms with Gasteiger partial charge in [-0.05, 0) is 69.2 Å². The van der Waals surface area contributed by atoms with Crippen LogP contribution in [-0.4, -0.2) is 37.8 Å². The Labute approximate surface area is 186 Å². The molecule has 1 amide bonds. The van der Waals surface area contributed by atoms with Crippen LogP contribution >= 0.6 is 15.9 Å². The van der Waals surface area contributed by atoms with Crippen LogP contribution in [0, 0.1) is 17.2 Å². The van der Waals surface area contributed by atoms with Crippen LogP contribution in [0.4, 0.5) is 5.69 Å². The lowest BCUT2D eigenvalue weighted by molar-refractivity contribution is -0.123. The fourth-order valence-electron chi connectivity index (χ4n) is 3.72. The van der Waals surface area contributed by atoms with E-state index < -0.39 is 15.9 Å². The Morgan fingerprint density at radius 1 is 1.23 bits per heavy atom. The number of halogens is 1. The quantitative estimate of drug-likeness (QED) is 0.630. The summed E-state index contributed by atoms with van der Waals surface area (Å²) in [6, 6.07) is 15.4. The van der Waals surface area contributed by atoms with Gasteiger partial charge in [-0.2, -0.15) is 9.57 Å². The summed E-state index contributed by atoms with van der Waals surface area (Å²) < 4.78 is 28.4. The van der Waals surface area contributed by atoms with E-state index in [0.717, 1.165) is 4.47 Å². The third-order valence-electron chi connectivity index (χ3n) is 5.19. The minimum atomic E-state index is -3.67. The van der Waals surface area contributed by atoms with Crippen molar-refractivity contribution in [2.45, 2.75) is 37.6 Å². The molecule has 0 spiro atoms. The van der Waals surface area contributed by atoms with Crippen LogP contribution in [-0.2, 0) is 14.8 Å². The van der Waals surface area contributed by atoms with Crippen molar-refractivity contribution < 1.29 is 13.2 Å². The average molecular weight is 490 g/mol. The van der Waals surface area contributed by atoms with Crippen molar-refractivity contribution in [3.8, 4) is 6.07 Å². The van der Waals surface area contributed by atoms with E-state index >= 15 is 0 Å². The molecule has 1 fully saturated rings. The fourth-order valence-corrected chi connectivity index (χ4v) is 5.51. The number of hydrogen-bond donors (Lipinski definition) is 0. The van der Waals surface area contributed by atoms with E-state index in [2.05, 4.69) is 22.0 Å². The van der Waals surface area contributed by atoms with Crippen LogP contribution in [0.3, 0.4) is 0 Å². The van der Waals surface area contributed by atoms with E-state index in [1.807, 2.05) is 13.8 Å². The summed E-state index contributed by atoms with van der Waals surface area (Å²) in [6.45, 7) is 4.37. The zero-order valence-electron chi connectivity index (χ0n) is 17.0. The van der Waals surface area contributed by atoms with Gasteiger partial charge in [0.2, 0.25) is 15.9 Å². The molecule has 1 unspecified atom stereocenters. The number of carbonyl (C=O) groups is 1. The molecule has 2 aromatic carbocycles. The third kappa shape index (κ3) is 4.75. The molecule has 0 saturated carbocycles. The van der Waals surface area contributed by atoms with E-state index in [9.17, 15) is 18.5 Å². The minimum Gasteiger partial charge on any atom is -0.310 e. The number of rotatable bonds is 5. The Bertz CT molecular complexity index is 1060. The molecule has 1 atom stereocenters. The van der Waals surface area contributed by atoms with E-state index in [0.29, 0.717) is 30.6 Å². The number of benzene rings is 2. The molecule has 1 aliphatic rings. The molecule has 6 nitrogen and oxygen atoms in total. The van der Waals surface area contributed by atoms with Gasteiger partial charge in [0, 0.05) is 29.3 Å². The predicted molar refractivity (Wildman–Crippen MR) is 119 cm³/mol. The van der Waals surface area contributed by atoms with Gasteiger partial charge >= 0.3 is 0 Å². The SMILES string of the molecule is CC(C)N(C(=O)C1CCCN(S(=O)(=O)c2ccc(Br)cc2)C1)c1cccc(C#N)c1. The van der Waals surface area contributed by atoms with Crippen molar-refractivity contribution in [3.63, 3.8) is 0 Å². The Hall–Kier alpha value is -2.21. The van der Waals surface area contributed by atoms with Crippen molar-refractivity contribution in [2.24, 2.45) is 5.92 Å². The second-order valence-corrected chi connectivity index (χ2v) is 10.5. The Morgan fingerprint density at radius 2 is 1.93 bits per heavy atom. The summed E-state index contributed by atoms with van der Waals surface area (Å²) in [5, 5.41) is 9.19. The van der Waals surface area contributed by atoms with E-state index in [-0.39, 0.29) is 23.4 Å². The van der Waals surface area contributed by atoms with Gasteiger partial charge in [0.1, 0.15) is 0 Å². The number of sulfonamides is 1. The molecule has 30 heavy (non-hydrogen) atoms. The van der Waals surface area contributed by atoms with Crippen LogP contribution in [0.25, 0.3) is 0 Å². The smallest absolute Gasteiger partial charge is 0.243 e. The first-order chi connectivity index (χ1) is 14.2. The molecule has 0 aliphatic carbocycles. The summed E-state index contributed by atoms with van der Waals surface area (Å²) in [5.41, 5.74) is 1.14. The Morgan fingerprint density at radius 3 is 2.57 bits per heavy atom. The van der Waals surface area contributed by atoms with Crippen molar-refractivity contribution in [1.82, 2.24) is 4.31 Å². The normalized spacial score (nSPS) is 17.5. The Balaban J connectivity index is 1.85. The molecule has 1 aliphatic heterocycles. The Kier molecular flexibility index (Phi) is 6.96. The zero-order valence-corrected chi connectivity index (χ0v) is 19.4. The molecule has 0 N–H and O–H groups in total. The van der Waals surface area contributed by atoms with Crippen molar-refractivity contribution in [3.05, 3.63) is 58.6 Å². The second kappa shape index (κ2) is 9.29. The van der Waals surface area contributed by atoms with Gasteiger partial charge in [0.15, 0.2) is 0 Å². The van der Waals surface area contributed by atoms with E-state index in [1.54, 1.807) is 53.4 Å². The summed E-state index contributed by atoms with van der Waals surface area (Å²) in [7, 11) is -3.67. The van der Waals surface area contributed by atoms with Crippen LogP contribution in [0.2, 0.25) is 0 Å². The monoisotopic (exact) mass is 489 g/mol. The van der Waals surface area contributed by atoms with Gasteiger partial charge in [0.25, 0.3) is 0 Å². The zero-order chi connectivity index (χ0) is 21.9. The average Bonchev–Trinajstić information content (AvgIpc) is 2.74. The van der Waals surface area contributed by atoms with Gasteiger partial charge in [-0.25, -0.2) is 8.42 Å². The van der Waals surface area contributed by atoms with Crippen molar-refractivity contribution in [1.29, 1.82) is 5.26 Å². The number of carbonyl (C=O) groups excluding carboxylic acids is 1. The molecule has 158 valence electrons. The molecular weight excluding hydrogens is 466 g/mol. The lowest BCUT2D eigenvalue weighted by Crippen LogP contribution is -2.48. The molecule has 8 heteroatoms. The van der Waals surface area contributed by atoms with E-state index in [4.69, 9.17) is 0 Å². The maximum absolute atomic E-state index is 13.4. The summed E-state index contributed by atoms with van der Waals surface area (Å²) in [5.74, 6) is -0.548. The van der Waals surface area contributed by atoms with Gasteiger partial charge in [0.05, 0.1) is 22.4 Å². The number of nitrogens with zero attached hydrogens (tertiary/aromatic N) is 3. The highest BCUT2D eigenvalue weighted by molar-refractivity contribution is 9.10. The molecule has 2 aromatic rings. The van der Waals surface area contributed by atoms with Crippen molar-refractivity contribution in [2.75, 3.05) is 18.0 Å². The van der Waals surface area contributed by atoms with Gasteiger partial charge in [-0.3, -0.25) is 4.79 Å². The number of hydrogen-bond acceptors (Lipinski definition) is 4. The largest absolute Gasteiger partial charge is 0.310 e. The second-order valence-electron chi connectivity index (χ2n) is 7.62. The lowest BCUT2D eigenvalue weighted by Gasteiger charge is -2.36. The summed E-state index contributed by atoms with van der Waals surface area (Å²) in [4.78, 5) is 15.3. The number of amides is 1. The predicted octanol–water partition coefficient (Wildman–Crippen LogP) is 4.16. The molecule has 1 saturated heterocycles. The molecule has 0 aromatic heterocycles. The van der Waals surface area contributed by atoms with Crippen LogP contribution in [0.1, 0.15) is 32.3 Å². The van der Waals surface area contributed by atoms with Gasteiger partial charge in [-0.1, -0.05) is 22.0 Å². The topological polar surface area (TPSA) is 81.5 Å². The first-order valence-electron chi connectivity index (χ1n) is 9.83. The lowest BCUT2D eigenvalue weighted by atomic mass is 9.97. The van der Waals surface area contributed by atoms with Gasteiger partial charge in [-0.15, -0.1) is 0 Å². The maximum Gasteiger partial charge on any atom is 0.243 e.